The van der Waals surface area contributed by atoms with Crippen molar-refractivity contribution in [3.8, 4) is 5.69 Å². The third kappa shape index (κ3) is 2.01. The minimum absolute atomic E-state index is 0.00732. The molecule has 0 bridgehead atoms. The quantitative estimate of drug-likeness (QED) is 0.568. The number of ether oxygens (including phenoxy) is 1. The number of fused-ring (bicyclic) bond motifs is 3. The fourth-order valence-corrected chi connectivity index (χ4v) is 3.13. The molecule has 0 amide bonds. The van der Waals surface area contributed by atoms with Crippen molar-refractivity contribution in [2.24, 2.45) is 0 Å². The summed E-state index contributed by atoms with van der Waals surface area (Å²) >= 11 is 0. The highest BCUT2D eigenvalue weighted by molar-refractivity contribution is 5.89. The molecule has 1 aliphatic rings. The molecule has 7 heteroatoms. The zero-order valence-electron chi connectivity index (χ0n) is 13.3. The Labute approximate surface area is 137 Å². The van der Waals surface area contributed by atoms with E-state index in [4.69, 9.17) is 4.74 Å². The molecule has 24 heavy (non-hydrogen) atoms. The van der Waals surface area contributed by atoms with Gasteiger partial charge in [0.1, 0.15) is 12.4 Å². The maximum absolute atomic E-state index is 5.69. The molecule has 1 unspecified atom stereocenters. The molecule has 7 nitrogen and oxygen atoms in total. The van der Waals surface area contributed by atoms with E-state index in [0.717, 1.165) is 47.6 Å². The molecule has 1 aliphatic heterocycles. The first kappa shape index (κ1) is 13.6. The highest BCUT2D eigenvalue weighted by Gasteiger charge is 2.23. The minimum atomic E-state index is -0.00732. The van der Waals surface area contributed by atoms with E-state index in [9.17, 15) is 0 Å². The van der Waals surface area contributed by atoms with Gasteiger partial charge >= 0.3 is 0 Å². The lowest BCUT2D eigenvalue weighted by atomic mass is 10.2. The predicted molar refractivity (Wildman–Crippen MR) is 88.1 cm³/mol. The van der Waals surface area contributed by atoms with Gasteiger partial charge in [0.15, 0.2) is 17.1 Å². The lowest BCUT2D eigenvalue weighted by Crippen LogP contribution is -1.99. The third-order valence-corrected chi connectivity index (χ3v) is 4.42. The molecular weight excluding hydrogens is 304 g/mol. The second kappa shape index (κ2) is 5.10. The fraction of sp³-hybridized carbons (Fsp3) is 0.294. The highest BCUT2D eigenvalue weighted by Crippen LogP contribution is 2.27. The van der Waals surface area contributed by atoms with Gasteiger partial charge in [-0.25, -0.2) is 19.2 Å². The van der Waals surface area contributed by atoms with Gasteiger partial charge in [0.2, 0.25) is 0 Å². The maximum atomic E-state index is 5.69. The molecule has 0 spiro atoms. The van der Waals surface area contributed by atoms with E-state index in [1.165, 1.54) is 5.56 Å². The van der Waals surface area contributed by atoms with Crippen LogP contribution >= 0.6 is 0 Å². The van der Waals surface area contributed by atoms with Gasteiger partial charge in [0.05, 0.1) is 17.3 Å². The second-order valence-corrected chi connectivity index (χ2v) is 6.11. The van der Waals surface area contributed by atoms with Crippen molar-refractivity contribution in [1.82, 2.24) is 29.4 Å². The number of aromatic nitrogens is 6. The average Bonchev–Trinajstić information content (AvgIpc) is 3.33. The summed E-state index contributed by atoms with van der Waals surface area (Å²) in [6, 6.07) is 8.20. The first-order chi connectivity index (χ1) is 11.8. The Bertz CT molecular complexity index is 1030. The van der Waals surface area contributed by atoms with Gasteiger partial charge in [-0.3, -0.25) is 0 Å². The molecule has 0 N–H and O–H groups in total. The summed E-state index contributed by atoms with van der Waals surface area (Å²) in [6.45, 7) is 2.84. The Balaban J connectivity index is 1.67. The molecule has 1 aromatic carbocycles. The van der Waals surface area contributed by atoms with Crippen molar-refractivity contribution in [2.75, 3.05) is 6.61 Å². The van der Waals surface area contributed by atoms with Crippen LogP contribution in [0.1, 0.15) is 30.3 Å². The van der Waals surface area contributed by atoms with Crippen molar-refractivity contribution in [1.29, 1.82) is 0 Å². The number of rotatable bonds is 2. The van der Waals surface area contributed by atoms with Crippen LogP contribution in [0.2, 0.25) is 0 Å². The van der Waals surface area contributed by atoms with Crippen LogP contribution in [0.25, 0.3) is 22.4 Å². The zero-order chi connectivity index (χ0) is 16.1. The van der Waals surface area contributed by atoms with E-state index in [1.54, 1.807) is 17.0 Å². The molecule has 1 fully saturated rings. The molecule has 4 aromatic rings. The molecule has 5 rings (SSSR count). The summed E-state index contributed by atoms with van der Waals surface area (Å²) in [5.41, 5.74) is 3.73. The van der Waals surface area contributed by atoms with Crippen LogP contribution in [0.3, 0.4) is 0 Å². The van der Waals surface area contributed by atoms with E-state index >= 15 is 0 Å². The van der Waals surface area contributed by atoms with Crippen molar-refractivity contribution in [3.63, 3.8) is 0 Å². The van der Waals surface area contributed by atoms with Crippen molar-refractivity contribution >= 4 is 16.7 Å². The Morgan fingerprint density at radius 1 is 1.17 bits per heavy atom. The normalized spacial score (nSPS) is 18.0. The lowest BCUT2D eigenvalue weighted by molar-refractivity contribution is 0.105. The van der Waals surface area contributed by atoms with Crippen molar-refractivity contribution < 1.29 is 4.74 Å². The summed E-state index contributed by atoms with van der Waals surface area (Å²) in [5, 5.41) is 9.90. The molecule has 1 atom stereocenters. The van der Waals surface area contributed by atoms with Gasteiger partial charge in [-0.15, -0.1) is 5.10 Å². The molecule has 1 saturated heterocycles. The SMILES string of the molecule is Cc1ccc(-n2ncc3c2ncn2nc(C4CCCO4)nc32)cc1. The topological polar surface area (TPSA) is 70.1 Å². The predicted octanol–water partition coefficient (Wildman–Crippen LogP) is 2.62. The van der Waals surface area contributed by atoms with Crippen LogP contribution in [-0.2, 0) is 4.74 Å². The number of aryl methyl sites for hydroxylation is 1. The van der Waals surface area contributed by atoms with Crippen LogP contribution in [0.4, 0.5) is 0 Å². The zero-order valence-corrected chi connectivity index (χ0v) is 13.3. The van der Waals surface area contributed by atoms with Crippen LogP contribution < -0.4 is 0 Å². The molecule has 3 aromatic heterocycles. The third-order valence-electron chi connectivity index (χ3n) is 4.42. The summed E-state index contributed by atoms with van der Waals surface area (Å²) in [7, 11) is 0. The summed E-state index contributed by atoms with van der Waals surface area (Å²) in [5.74, 6) is 0.727. The van der Waals surface area contributed by atoms with E-state index in [2.05, 4.69) is 39.2 Å². The molecule has 0 saturated carbocycles. The first-order valence-corrected chi connectivity index (χ1v) is 8.07. The number of nitrogens with zero attached hydrogens (tertiary/aromatic N) is 6. The first-order valence-electron chi connectivity index (χ1n) is 8.07. The minimum Gasteiger partial charge on any atom is -0.370 e. The van der Waals surface area contributed by atoms with Crippen molar-refractivity contribution in [2.45, 2.75) is 25.9 Å². The Morgan fingerprint density at radius 2 is 2.04 bits per heavy atom. The Kier molecular flexibility index (Phi) is 2.90. The standard InChI is InChI=1S/C17H16N6O/c1-11-4-6-12(7-5-11)23-16-13(9-19-23)17-20-15(14-3-2-8-24-14)21-22(17)10-18-16/h4-7,9-10,14H,2-3,8H2,1H3. The Morgan fingerprint density at radius 3 is 2.83 bits per heavy atom. The van der Waals surface area contributed by atoms with E-state index in [1.807, 2.05) is 16.8 Å². The van der Waals surface area contributed by atoms with Gasteiger partial charge in [0.25, 0.3) is 0 Å². The number of hydrogen-bond acceptors (Lipinski definition) is 5. The van der Waals surface area contributed by atoms with Gasteiger partial charge in [-0.1, -0.05) is 17.7 Å². The summed E-state index contributed by atoms with van der Waals surface area (Å²) in [4.78, 5) is 9.21. The maximum Gasteiger partial charge on any atom is 0.180 e. The van der Waals surface area contributed by atoms with Gasteiger partial charge < -0.3 is 4.74 Å². The van der Waals surface area contributed by atoms with E-state index in [-0.39, 0.29) is 6.10 Å². The smallest absolute Gasteiger partial charge is 0.180 e. The van der Waals surface area contributed by atoms with Crippen LogP contribution in [0, 0.1) is 6.92 Å². The molecule has 4 heterocycles. The highest BCUT2D eigenvalue weighted by atomic mass is 16.5. The fourth-order valence-electron chi connectivity index (χ4n) is 3.13. The lowest BCUT2D eigenvalue weighted by Gasteiger charge is -2.03. The molecule has 0 radical (unpaired) electrons. The number of hydrogen-bond donors (Lipinski definition) is 0. The summed E-state index contributed by atoms with van der Waals surface area (Å²) in [6.07, 6.45) is 5.50. The average molecular weight is 320 g/mol. The van der Waals surface area contributed by atoms with E-state index in [0.29, 0.717) is 0 Å². The largest absolute Gasteiger partial charge is 0.370 e. The molecule has 120 valence electrons. The monoisotopic (exact) mass is 320 g/mol. The summed E-state index contributed by atoms with van der Waals surface area (Å²) < 4.78 is 9.22. The van der Waals surface area contributed by atoms with Gasteiger partial charge in [-0.05, 0) is 31.9 Å². The Hall–Kier alpha value is -2.80. The van der Waals surface area contributed by atoms with Crippen LogP contribution in [0.5, 0.6) is 0 Å². The van der Waals surface area contributed by atoms with E-state index < -0.39 is 0 Å². The molecular formula is C17H16N6O. The van der Waals surface area contributed by atoms with Gasteiger partial charge in [0, 0.05) is 6.61 Å². The molecule has 0 aliphatic carbocycles. The van der Waals surface area contributed by atoms with Gasteiger partial charge in [-0.2, -0.15) is 5.10 Å². The second-order valence-electron chi connectivity index (χ2n) is 6.11. The van der Waals surface area contributed by atoms with Crippen molar-refractivity contribution in [3.05, 3.63) is 48.2 Å². The van der Waals surface area contributed by atoms with Crippen LogP contribution in [0.15, 0.2) is 36.8 Å². The number of benzene rings is 1. The van der Waals surface area contributed by atoms with Crippen LogP contribution in [-0.4, -0.2) is 36.0 Å².